The molecular weight excluding hydrogens is 281 g/mol. The number of anilines is 1. The highest BCUT2D eigenvalue weighted by Gasteiger charge is 2.27. The van der Waals surface area contributed by atoms with Gasteiger partial charge in [0.1, 0.15) is 0 Å². The smallest absolute Gasteiger partial charge is 0.302 e. The van der Waals surface area contributed by atoms with Crippen LogP contribution in [0.25, 0.3) is 0 Å². The number of sulfonamides is 1. The van der Waals surface area contributed by atoms with E-state index in [0.29, 0.717) is 11.3 Å². The zero-order valence-electron chi connectivity index (χ0n) is 10.5. The van der Waals surface area contributed by atoms with Crippen molar-refractivity contribution in [2.45, 2.75) is 19.1 Å². The first-order valence-electron chi connectivity index (χ1n) is 5.45. The number of halogens is 3. The zero-order valence-corrected chi connectivity index (χ0v) is 11.3. The minimum atomic E-state index is -4.28. The van der Waals surface area contributed by atoms with E-state index in [0.717, 1.165) is 6.26 Å². The lowest BCUT2D eigenvalue weighted by Gasteiger charge is -2.16. The molecule has 1 unspecified atom stereocenters. The summed E-state index contributed by atoms with van der Waals surface area (Å²) in [5.74, 6) is 0. The Morgan fingerprint density at radius 1 is 1.32 bits per heavy atom. The molecule has 0 fully saturated rings. The summed E-state index contributed by atoms with van der Waals surface area (Å²) in [6, 6.07) is 5.69. The molecule has 4 nitrogen and oxygen atoms in total. The molecule has 0 saturated heterocycles. The first kappa shape index (κ1) is 15.8. The summed E-state index contributed by atoms with van der Waals surface area (Å²) < 4.78 is 60.6. The molecule has 0 heterocycles. The van der Waals surface area contributed by atoms with Crippen molar-refractivity contribution in [3.05, 3.63) is 29.8 Å². The van der Waals surface area contributed by atoms with Gasteiger partial charge in [0, 0.05) is 11.7 Å². The predicted molar refractivity (Wildman–Crippen MR) is 67.4 cm³/mol. The maximum absolute atomic E-state index is 12.1. The summed E-state index contributed by atoms with van der Waals surface area (Å²) in [6.07, 6.45) is -3.28. The molecule has 0 radical (unpaired) electrons. The van der Waals surface area contributed by atoms with Crippen LogP contribution in [0.15, 0.2) is 24.3 Å². The monoisotopic (exact) mass is 296 g/mol. The molecule has 108 valence electrons. The summed E-state index contributed by atoms with van der Waals surface area (Å²) in [5.41, 5.74) is 0.888. The number of hydrogen-bond acceptors (Lipinski definition) is 3. The second-order valence-electron chi connectivity index (χ2n) is 4.22. The number of rotatable bonds is 5. The first-order chi connectivity index (χ1) is 8.57. The van der Waals surface area contributed by atoms with Crippen LogP contribution >= 0.6 is 0 Å². The molecule has 0 aromatic heterocycles. The Hall–Kier alpha value is -1.28. The molecule has 0 saturated carbocycles. The Kier molecular flexibility index (Phi) is 4.81. The van der Waals surface area contributed by atoms with E-state index in [2.05, 4.69) is 10.0 Å². The van der Waals surface area contributed by atoms with Gasteiger partial charge in [0.2, 0.25) is 10.0 Å². The van der Waals surface area contributed by atoms with Crippen molar-refractivity contribution in [2.24, 2.45) is 0 Å². The summed E-state index contributed by atoms with van der Waals surface area (Å²) in [5, 5.41) is 2.33. The van der Waals surface area contributed by atoms with Gasteiger partial charge in [0.25, 0.3) is 0 Å². The fraction of sp³-hybridized carbons (Fsp3) is 0.455. The van der Waals surface area contributed by atoms with E-state index in [9.17, 15) is 21.6 Å². The van der Waals surface area contributed by atoms with Crippen LogP contribution in [0.2, 0.25) is 0 Å². The molecule has 0 bridgehead atoms. The molecule has 0 amide bonds. The highest BCUT2D eigenvalue weighted by atomic mass is 32.2. The molecule has 2 N–H and O–H groups in total. The lowest BCUT2D eigenvalue weighted by molar-refractivity contribution is -0.126. The van der Waals surface area contributed by atoms with Crippen molar-refractivity contribution in [1.82, 2.24) is 5.32 Å². The quantitative estimate of drug-likeness (QED) is 0.876. The number of nitrogens with one attached hydrogen (secondary N) is 2. The fourth-order valence-corrected chi connectivity index (χ4v) is 2.03. The minimum Gasteiger partial charge on any atom is -0.302 e. The van der Waals surface area contributed by atoms with Crippen molar-refractivity contribution in [1.29, 1.82) is 0 Å². The van der Waals surface area contributed by atoms with Gasteiger partial charge >= 0.3 is 6.18 Å². The lowest BCUT2D eigenvalue weighted by atomic mass is 10.1. The molecule has 1 rings (SSSR count). The maximum Gasteiger partial charge on any atom is 0.401 e. The molecule has 19 heavy (non-hydrogen) atoms. The predicted octanol–water partition coefficient (Wildman–Crippen LogP) is 2.27. The van der Waals surface area contributed by atoms with Gasteiger partial charge in [0.15, 0.2) is 0 Å². The van der Waals surface area contributed by atoms with Crippen molar-refractivity contribution in [3.8, 4) is 0 Å². The minimum absolute atomic E-state index is 0.320. The third-order valence-corrected chi connectivity index (χ3v) is 2.91. The van der Waals surface area contributed by atoms with Gasteiger partial charge in [-0.1, -0.05) is 12.1 Å². The summed E-state index contributed by atoms with van der Waals surface area (Å²) in [4.78, 5) is 0. The molecule has 0 spiro atoms. The van der Waals surface area contributed by atoms with Crippen LogP contribution in [0.1, 0.15) is 18.5 Å². The SMILES string of the molecule is CC(NCC(F)(F)F)c1cccc(NS(C)(=O)=O)c1. The molecule has 0 aliphatic rings. The van der Waals surface area contributed by atoms with Crippen LogP contribution in [-0.4, -0.2) is 27.4 Å². The molecule has 1 atom stereocenters. The summed E-state index contributed by atoms with van der Waals surface area (Å²) >= 11 is 0. The topological polar surface area (TPSA) is 58.2 Å². The normalized spacial score (nSPS) is 14.2. The number of benzene rings is 1. The van der Waals surface area contributed by atoms with E-state index in [1.807, 2.05) is 0 Å². The van der Waals surface area contributed by atoms with Crippen molar-refractivity contribution < 1.29 is 21.6 Å². The summed E-state index contributed by atoms with van der Waals surface area (Å²) in [6.45, 7) is 0.475. The Labute approximate surface area is 110 Å². The van der Waals surface area contributed by atoms with Crippen LogP contribution in [0.3, 0.4) is 0 Å². The lowest BCUT2D eigenvalue weighted by Crippen LogP contribution is -2.30. The van der Waals surface area contributed by atoms with E-state index < -0.39 is 28.8 Å². The maximum atomic E-state index is 12.1. The molecule has 1 aromatic rings. The van der Waals surface area contributed by atoms with Gasteiger partial charge in [-0.15, -0.1) is 0 Å². The van der Waals surface area contributed by atoms with Crippen molar-refractivity contribution >= 4 is 15.7 Å². The van der Waals surface area contributed by atoms with Gasteiger partial charge < -0.3 is 5.32 Å². The molecule has 0 aliphatic carbocycles. The van der Waals surface area contributed by atoms with Crippen molar-refractivity contribution in [3.63, 3.8) is 0 Å². The molecule has 0 aliphatic heterocycles. The molecule has 8 heteroatoms. The van der Waals surface area contributed by atoms with Gasteiger partial charge in [-0.3, -0.25) is 4.72 Å². The fourth-order valence-electron chi connectivity index (χ4n) is 1.47. The Morgan fingerprint density at radius 2 is 1.95 bits per heavy atom. The number of alkyl halides is 3. The van der Waals surface area contributed by atoms with E-state index in [4.69, 9.17) is 0 Å². The average molecular weight is 296 g/mol. The average Bonchev–Trinajstić information content (AvgIpc) is 2.23. The zero-order chi connectivity index (χ0) is 14.7. The summed E-state index contributed by atoms with van der Waals surface area (Å²) in [7, 11) is -3.41. The Bertz CT molecular complexity index is 529. The van der Waals surface area contributed by atoms with E-state index >= 15 is 0 Å². The third-order valence-electron chi connectivity index (χ3n) is 2.30. The van der Waals surface area contributed by atoms with Gasteiger partial charge in [-0.25, -0.2) is 8.42 Å². The van der Waals surface area contributed by atoms with E-state index in [1.54, 1.807) is 19.1 Å². The van der Waals surface area contributed by atoms with Crippen LogP contribution in [0, 0.1) is 0 Å². The van der Waals surface area contributed by atoms with E-state index in [1.165, 1.54) is 12.1 Å². The second-order valence-corrected chi connectivity index (χ2v) is 5.97. The van der Waals surface area contributed by atoms with Gasteiger partial charge in [-0.05, 0) is 24.6 Å². The van der Waals surface area contributed by atoms with Gasteiger partial charge in [-0.2, -0.15) is 13.2 Å². The largest absolute Gasteiger partial charge is 0.401 e. The second kappa shape index (κ2) is 5.79. The number of hydrogen-bond donors (Lipinski definition) is 2. The Morgan fingerprint density at radius 3 is 2.47 bits per heavy atom. The standard InChI is InChI=1S/C11H15F3N2O2S/c1-8(15-7-11(12,13)14)9-4-3-5-10(6-9)16-19(2,17)18/h3-6,8,15-16H,7H2,1-2H3. The van der Waals surface area contributed by atoms with Crippen LogP contribution in [0.4, 0.5) is 18.9 Å². The van der Waals surface area contributed by atoms with E-state index in [-0.39, 0.29) is 0 Å². The van der Waals surface area contributed by atoms with Gasteiger partial charge in [0.05, 0.1) is 12.8 Å². The third kappa shape index (κ3) is 6.44. The van der Waals surface area contributed by atoms with Crippen LogP contribution in [-0.2, 0) is 10.0 Å². The van der Waals surface area contributed by atoms with Crippen LogP contribution < -0.4 is 10.0 Å². The van der Waals surface area contributed by atoms with Crippen molar-refractivity contribution in [2.75, 3.05) is 17.5 Å². The van der Waals surface area contributed by atoms with Crippen LogP contribution in [0.5, 0.6) is 0 Å². The molecular formula is C11H15F3N2O2S. The Balaban J connectivity index is 2.76. The highest BCUT2D eigenvalue weighted by Crippen LogP contribution is 2.20. The first-order valence-corrected chi connectivity index (χ1v) is 7.34. The highest BCUT2D eigenvalue weighted by molar-refractivity contribution is 7.92. The molecule has 1 aromatic carbocycles.